The number of amides is 2. The Bertz CT molecular complexity index is 958. The summed E-state index contributed by atoms with van der Waals surface area (Å²) in [7, 11) is 0. The van der Waals surface area contributed by atoms with Gasteiger partial charge in [-0.05, 0) is 37.1 Å². The molecule has 1 aliphatic rings. The first-order valence-corrected chi connectivity index (χ1v) is 9.24. The predicted molar refractivity (Wildman–Crippen MR) is 101 cm³/mol. The van der Waals surface area contributed by atoms with E-state index in [2.05, 4.69) is 20.8 Å². The monoisotopic (exact) mass is 380 g/mol. The van der Waals surface area contributed by atoms with Crippen molar-refractivity contribution >= 4 is 17.5 Å². The van der Waals surface area contributed by atoms with Gasteiger partial charge in [0.05, 0.1) is 12.8 Å². The van der Waals surface area contributed by atoms with Gasteiger partial charge in [0, 0.05) is 17.2 Å². The third-order valence-corrected chi connectivity index (χ3v) is 4.71. The lowest BCUT2D eigenvalue weighted by molar-refractivity contribution is -0.115. The molecule has 1 aromatic carbocycles. The second-order valence-corrected chi connectivity index (χ2v) is 6.73. The molecule has 8 nitrogen and oxygen atoms in total. The fourth-order valence-electron chi connectivity index (χ4n) is 3.29. The molecule has 1 saturated carbocycles. The Morgan fingerprint density at radius 2 is 2.00 bits per heavy atom. The molecule has 28 heavy (non-hydrogen) atoms. The van der Waals surface area contributed by atoms with E-state index in [9.17, 15) is 9.59 Å². The molecule has 0 atom stereocenters. The fraction of sp³-hybridized carbons (Fsp3) is 0.300. The van der Waals surface area contributed by atoms with Crippen LogP contribution < -0.4 is 10.6 Å². The minimum atomic E-state index is -0.444. The molecule has 1 aliphatic carbocycles. The first-order chi connectivity index (χ1) is 13.7. The van der Waals surface area contributed by atoms with Gasteiger partial charge in [-0.25, -0.2) is 0 Å². The smallest absolute Gasteiger partial charge is 0.287 e. The first kappa shape index (κ1) is 18.0. The molecule has 0 saturated heterocycles. The second-order valence-electron chi connectivity index (χ2n) is 6.73. The lowest BCUT2D eigenvalue weighted by Crippen LogP contribution is -2.32. The van der Waals surface area contributed by atoms with Crippen molar-refractivity contribution in [3.63, 3.8) is 0 Å². The van der Waals surface area contributed by atoms with Gasteiger partial charge in [0.25, 0.3) is 5.91 Å². The van der Waals surface area contributed by atoms with Gasteiger partial charge >= 0.3 is 0 Å². The number of hydrogen-bond donors (Lipinski definition) is 2. The van der Waals surface area contributed by atoms with Gasteiger partial charge in [0.15, 0.2) is 5.76 Å². The van der Waals surface area contributed by atoms with Crippen LogP contribution in [0.1, 0.15) is 48.0 Å². The van der Waals surface area contributed by atoms with E-state index >= 15 is 0 Å². The van der Waals surface area contributed by atoms with Crippen molar-refractivity contribution in [2.45, 2.75) is 31.6 Å². The highest BCUT2D eigenvalue weighted by molar-refractivity contribution is 5.98. The lowest BCUT2D eigenvalue weighted by Gasteiger charge is -2.07. The molecule has 3 aromatic rings. The van der Waals surface area contributed by atoms with Gasteiger partial charge in [-0.2, -0.15) is 4.98 Å². The van der Waals surface area contributed by atoms with Crippen LogP contribution in [0.25, 0.3) is 11.4 Å². The van der Waals surface area contributed by atoms with Crippen LogP contribution in [-0.2, 0) is 4.79 Å². The fourth-order valence-corrected chi connectivity index (χ4v) is 3.29. The summed E-state index contributed by atoms with van der Waals surface area (Å²) in [6.07, 6.45) is 5.96. The highest BCUT2D eigenvalue weighted by atomic mass is 16.5. The normalized spacial score (nSPS) is 14.1. The molecular formula is C20H20N4O4. The Kier molecular flexibility index (Phi) is 5.18. The Morgan fingerprint density at radius 1 is 1.14 bits per heavy atom. The Labute approximate surface area is 161 Å². The zero-order valence-electron chi connectivity index (χ0n) is 15.2. The van der Waals surface area contributed by atoms with Crippen LogP contribution in [0.5, 0.6) is 0 Å². The van der Waals surface area contributed by atoms with Crippen molar-refractivity contribution in [1.29, 1.82) is 0 Å². The highest BCUT2D eigenvalue weighted by Gasteiger charge is 2.23. The minimum Gasteiger partial charge on any atom is -0.459 e. The van der Waals surface area contributed by atoms with Crippen LogP contribution in [0.15, 0.2) is 51.6 Å². The molecular weight excluding hydrogens is 360 g/mol. The summed E-state index contributed by atoms with van der Waals surface area (Å²) in [5.41, 5.74) is 1.34. The van der Waals surface area contributed by atoms with Crippen LogP contribution >= 0.6 is 0 Å². The van der Waals surface area contributed by atoms with E-state index in [1.807, 2.05) is 6.07 Å². The molecule has 2 N–H and O–H groups in total. The van der Waals surface area contributed by atoms with Gasteiger partial charge in [-0.15, -0.1) is 0 Å². The van der Waals surface area contributed by atoms with E-state index in [0.717, 1.165) is 18.4 Å². The number of hydrogen-bond acceptors (Lipinski definition) is 6. The van der Waals surface area contributed by atoms with Gasteiger partial charge in [-0.1, -0.05) is 30.1 Å². The van der Waals surface area contributed by atoms with Crippen molar-refractivity contribution in [3.8, 4) is 11.4 Å². The lowest BCUT2D eigenvalue weighted by atomic mass is 10.1. The maximum absolute atomic E-state index is 12.1. The second kappa shape index (κ2) is 8.08. The van der Waals surface area contributed by atoms with E-state index < -0.39 is 5.91 Å². The molecule has 2 aromatic heterocycles. The Morgan fingerprint density at radius 3 is 2.79 bits per heavy atom. The summed E-state index contributed by atoms with van der Waals surface area (Å²) < 4.78 is 10.4. The van der Waals surface area contributed by atoms with Crippen LogP contribution in [0.3, 0.4) is 0 Å². The number of rotatable bonds is 6. The molecule has 2 amide bonds. The van der Waals surface area contributed by atoms with Crippen molar-refractivity contribution in [2.24, 2.45) is 0 Å². The van der Waals surface area contributed by atoms with Crippen LogP contribution in [0.4, 0.5) is 5.69 Å². The van der Waals surface area contributed by atoms with Crippen LogP contribution in [0.2, 0.25) is 0 Å². The molecule has 0 aliphatic heterocycles. The van der Waals surface area contributed by atoms with Crippen molar-refractivity contribution in [3.05, 3.63) is 54.3 Å². The maximum atomic E-state index is 12.1. The molecule has 144 valence electrons. The summed E-state index contributed by atoms with van der Waals surface area (Å²) >= 11 is 0. The van der Waals surface area contributed by atoms with Gasteiger partial charge in [0.2, 0.25) is 17.6 Å². The first-order valence-electron chi connectivity index (χ1n) is 9.24. The van der Waals surface area contributed by atoms with Crippen molar-refractivity contribution < 1.29 is 18.5 Å². The highest BCUT2D eigenvalue weighted by Crippen LogP contribution is 2.34. The number of nitrogens with one attached hydrogen (secondary N) is 2. The summed E-state index contributed by atoms with van der Waals surface area (Å²) in [5.74, 6) is 0.899. The average Bonchev–Trinajstić information content (AvgIpc) is 3.48. The van der Waals surface area contributed by atoms with E-state index in [0.29, 0.717) is 23.3 Å². The number of benzene rings is 1. The topological polar surface area (TPSA) is 110 Å². The van der Waals surface area contributed by atoms with E-state index in [-0.39, 0.29) is 18.2 Å². The number of nitrogens with zero attached hydrogens (tertiary/aromatic N) is 2. The number of carbonyl (C=O) groups is 2. The number of furan rings is 1. The molecule has 0 unspecified atom stereocenters. The number of aromatic nitrogens is 2. The van der Waals surface area contributed by atoms with Crippen LogP contribution in [-0.4, -0.2) is 28.5 Å². The Balaban J connectivity index is 1.37. The van der Waals surface area contributed by atoms with Crippen LogP contribution in [0, 0.1) is 0 Å². The van der Waals surface area contributed by atoms with Gasteiger partial charge in [0.1, 0.15) is 0 Å². The van der Waals surface area contributed by atoms with E-state index in [4.69, 9.17) is 8.94 Å². The molecule has 0 bridgehead atoms. The number of carbonyl (C=O) groups excluding carboxylic acids is 2. The summed E-state index contributed by atoms with van der Waals surface area (Å²) in [6, 6.07) is 10.3. The van der Waals surface area contributed by atoms with Gasteiger partial charge in [-0.3, -0.25) is 9.59 Å². The van der Waals surface area contributed by atoms with Gasteiger partial charge < -0.3 is 19.6 Å². The standard InChI is InChI=1S/C20H20N4O4/c25-17(12-21-19(26)16-9-4-10-27-16)22-15-8-3-7-14(11-15)18-23-20(28-24-18)13-5-1-2-6-13/h3-4,7-11,13H,1-2,5-6,12H2,(H,21,26)(H,22,25). The molecule has 8 heteroatoms. The SMILES string of the molecule is O=C(CNC(=O)c1ccco1)Nc1cccc(-c2noc(C3CCCC3)n2)c1. The molecule has 0 radical (unpaired) electrons. The molecule has 4 rings (SSSR count). The summed E-state index contributed by atoms with van der Waals surface area (Å²) in [4.78, 5) is 28.4. The molecule has 1 fully saturated rings. The third kappa shape index (κ3) is 4.11. The molecule has 0 spiro atoms. The summed E-state index contributed by atoms with van der Waals surface area (Å²) in [5, 5.41) is 9.32. The summed E-state index contributed by atoms with van der Waals surface area (Å²) in [6.45, 7) is -0.169. The minimum absolute atomic E-state index is 0.157. The average molecular weight is 380 g/mol. The zero-order chi connectivity index (χ0) is 19.3. The van der Waals surface area contributed by atoms with Crippen molar-refractivity contribution in [1.82, 2.24) is 15.5 Å². The molecule has 2 heterocycles. The third-order valence-electron chi connectivity index (χ3n) is 4.71. The van der Waals surface area contributed by atoms with E-state index in [1.165, 1.54) is 25.2 Å². The quantitative estimate of drug-likeness (QED) is 0.678. The predicted octanol–water partition coefficient (Wildman–Crippen LogP) is 3.36. The Hall–Kier alpha value is -3.42. The zero-order valence-corrected chi connectivity index (χ0v) is 15.2. The van der Waals surface area contributed by atoms with Crippen molar-refractivity contribution in [2.75, 3.05) is 11.9 Å². The largest absolute Gasteiger partial charge is 0.459 e. The maximum Gasteiger partial charge on any atom is 0.287 e. The van der Waals surface area contributed by atoms with E-state index in [1.54, 1.807) is 24.3 Å². The number of anilines is 1.